The summed E-state index contributed by atoms with van der Waals surface area (Å²) in [5.41, 5.74) is 19.1. The largest absolute Gasteiger partial charge is 0.265 e. The van der Waals surface area contributed by atoms with Crippen molar-refractivity contribution in [1.82, 2.24) is 20.2 Å². The minimum absolute atomic E-state index is 0.911. The first kappa shape index (κ1) is 25.5. The van der Waals surface area contributed by atoms with Crippen molar-refractivity contribution in [3.8, 4) is 44.8 Å². The lowest BCUT2D eigenvalue weighted by Gasteiger charge is -2.21. The minimum Gasteiger partial charge on any atom is -0.265 e. The molecule has 4 nitrogen and oxygen atoms in total. The summed E-state index contributed by atoms with van der Waals surface area (Å²) in [5.74, 6) is 0. The summed E-state index contributed by atoms with van der Waals surface area (Å²) in [5, 5.41) is 9.57. The van der Waals surface area contributed by atoms with Crippen molar-refractivity contribution in [2.45, 2.75) is 55.4 Å². The number of hydrogen-bond donors (Lipinski definition) is 0. The molecule has 0 bridgehead atoms. The van der Waals surface area contributed by atoms with Crippen LogP contribution in [0.3, 0.4) is 0 Å². The van der Waals surface area contributed by atoms with Crippen LogP contribution in [0.5, 0.6) is 0 Å². The highest BCUT2D eigenvalue weighted by Gasteiger charge is 2.21. The highest BCUT2D eigenvalue weighted by molar-refractivity contribution is 5.83. The molecule has 0 unspecified atom stereocenters. The van der Waals surface area contributed by atoms with Gasteiger partial charge in [0.2, 0.25) is 0 Å². The third-order valence-electron chi connectivity index (χ3n) is 8.36. The molecule has 0 saturated heterocycles. The fraction of sp³-hybridized carbons (Fsp3) is 0.235. The van der Waals surface area contributed by atoms with Crippen molar-refractivity contribution in [1.29, 1.82) is 0 Å². The Labute approximate surface area is 225 Å². The van der Waals surface area contributed by atoms with E-state index in [2.05, 4.69) is 102 Å². The Morgan fingerprint density at radius 2 is 0.605 bits per heavy atom. The topological polar surface area (TPSA) is 51.6 Å². The zero-order valence-electron chi connectivity index (χ0n) is 23.6. The van der Waals surface area contributed by atoms with Crippen LogP contribution in [0.1, 0.15) is 44.5 Å². The summed E-state index contributed by atoms with van der Waals surface area (Å²) in [4.78, 5) is 8.39. The molecule has 0 atom stereocenters. The molecule has 38 heavy (non-hydrogen) atoms. The molecule has 3 heterocycles. The quantitative estimate of drug-likeness (QED) is 0.250. The molecule has 2 aromatic carbocycles. The van der Waals surface area contributed by atoms with Crippen molar-refractivity contribution < 1.29 is 0 Å². The summed E-state index contributed by atoms with van der Waals surface area (Å²) >= 11 is 0. The van der Waals surface area contributed by atoms with Crippen molar-refractivity contribution in [3.63, 3.8) is 0 Å². The Balaban J connectivity index is 1.61. The lowest BCUT2D eigenvalue weighted by Crippen LogP contribution is -2.04. The number of rotatable bonds is 4. The predicted octanol–water partition coefficient (Wildman–Crippen LogP) is 8.40. The zero-order chi connectivity index (χ0) is 27.1. The van der Waals surface area contributed by atoms with E-state index in [1.54, 1.807) is 0 Å². The molecule has 0 aliphatic carbocycles. The molecule has 0 aliphatic heterocycles. The average molecular weight is 499 g/mol. The molecule has 5 rings (SSSR count). The lowest BCUT2D eigenvalue weighted by atomic mass is 9.84. The van der Waals surface area contributed by atoms with E-state index in [9.17, 15) is 0 Å². The maximum atomic E-state index is 4.79. The third kappa shape index (κ3) is 4.10. The van der Waals surface area contributed by atoms with Crippen LogP contribution < -0.4 is 0 Å². The Morgan fingerprint density at radius 3 is 0.868 bits per heavy atom. The molecule has 0 fully saturated rings. The number of hydrogen-bond acceptors (Lipinski definition) is 4. The molecule has 4 heteroatoms. The van der Waals surface area contributed by atoms with Gasteiger partial charge in [0.05, 0.1) is 11.4 Å². The van der Waals surface area contributed by atoms with Crippen molar-refractivity contribution >= 4 is 0 Å². The molecule has 0 saturated carbocycles. The molecule has 0 aliphatic rings. The van der Waals surface area contributed by atoms with Gasteiger partial charge in [-0.15, -0.1) is 10.2 Å². The lowest BCUT2D eigenvalue weighted by molar-refractivity contribution is 1.03. The van der Waals surface area contributed by atoms with Crippen LogP contribution in [0.15, 0.2) is 61.2 Å². The summed E-state index contributed by atoms with van der Waals surface area (Å²) in [6, 6.07) is 12.6. The molecular formula is C34H34N4. The van der Waals surface area contributed by atoms with E-state index in [0.29, 0.717) is 0 Å². The van der Waals surface area contributed by atoms with E-state index in [-0.39, 0.29) is 0 Å². The number of nitrogens with zero attached hydrogens (tertiary/aromatic N) is 4. The summed E-state index contributed by atoms with van der Waals surface area (Å²) < 4.78 is 0. The van der Waals surface area contributed by atoms with Gasteiger partial charge in [-0.3, -0.25) is 9.97 Å². The number of aromatic nitrogens is 4. The average Bonchev–Trinajstić information content (AvgIpc) is 2.93. The summed E-state index contributed by atoms with van der Waals surface area (Å²) in [6.07, 6.45) is 7.42. The highest BCUT2D eigenvalue weighted by atomic mass is 15.1. The van der Waals surface area contributed by atoms with Gasteiger partial charge < -0.3 is 0 Å². The van der Waals surface area contributed by atoms with Crippen LogP contribution in [0.4, 0.5) is 0 Å². The van der Waals surface area contributed by atoms with Gasteiger partial charge in [0, 0.05) is 35.9 Å². The van der Waals surface area contributed by atoms with Crippen LogP contribution in [-0.2, 0) is 0 Å². The SMILES string of the molecule is Cc1c(C)c(-c2ccc(-c3c(C)c(C)c(-c4ccncc4)c(C)c3C)nn2)c(C)c(C)c1-c1ccncc1. The molecule has 190 valence electrons. The van der Waals surface area contributed by atoms with Gasteiger partial charge in [-0.1, -0.05) is 0 Å². The van der Waals surface area contributed by atoms with Gasteiger partial charge in [0.15, 0.2) is 0 Å². The highest BCUT2D eigenvalue weighted by Crippen LogP contribution is 2.40. The number of benzene rings is 2. The molecule has 3 aromatic heterocycles. The standard InChI is InChI=1S/C34H34N4/c1-19-23(5)33(24(6)20(2)31(19)27-11-15-35-16-12-27)29-9-10-30(38-37-29)34-25(7)21(3)32(22(4)26(34)8)28-13-17-36-18-14-28/h9-18H,1-8H3. The molecule has 0 spiro atoms. The number of pyridine rings is 2. The summed E-state index contributed by atoms with van der Waals surface area (Å²) in [6.45, 7) is 17.6. The fourth-order valence-electron chi connectivity index (χ4n) is 5.90. The second-order valence-electron chi connectivity index (χ2n) is 10.3. The molecular weight excluding hydrogens is 464 g/mol. The van der Waals surface area contributed by atoms with E-state index < -0.39 is 0 Å². The molecule has 5 aromatic rings. The normalized spacial score (nSPS) is 11.2. The Hall–Kier alpha value is -4.18. The van der Waals surface area contributed by atoms with Crippen LogP contribution in [0.25, 0.3) is 44.8 Å². The maximum Gasteiger partial charge on any atom is 0.0935 e. The predicted molar refractivity (Wildman–Crippen MR) is 157 cm³/mol. The van der Waals surface area contributed by atoms with E-state index >= 15 is 0 Å². The molecule has 0 amide bonds. The van der Waals surface area contributed by atoms with Crippen LogP contribution in [-0.4, -0.2) is 20.2 Å². The zero-order valence-corrected chi connectivity index (χ0v) is 23.6. The van der Waals surface area contributed by atoms with Crippen LogP contribution in [0.2, 0.25) is 0 Å². The Morgan fingerprint density at radius 1 is 0.342 bits per heavy atom. The van der Waals surface area contributed by atoms with Crippen molar-refractivity contribution in [3.05, 3.63) is 106 Å². The van der Waals surface area contributed by atoms with Crippen LogP contribution in [0, 0.1) is 55.4 Å². The second kappa shape index (κ2) is 9.94. The van der Waals surface area contributed by atoms with Crippen molar-refractivity contribution in [2.75, 3.05) is 0 Å². The van der Waals surface area contributed by atoms with E-state index in [0.717, 1.165) is 11.4 Å². The summed E-state index contributed by atoms with van der Waals surface area (Å²) in [7, 11) is 0. The smallest absolute Gasteiger partial charge is 0.0935 e. The van der Waals surface area contributed by atoms with Gasteiger partial charge >= 0.3 is 0 Å². The monoisotopic (exact) mass is 498 g/mol. The Bertz CT molecular complexity index is 1470. The minimum atomic E-state index is 0.911. The van der Waals surface area contributed by atoms with E-state index in [1.807, 2.05) is 24.8 Å². The van der Waals surface area contributed by atoms with Gasteiger partial charge in [-0.25, -0.2) is 0 Å². The van der Waals surface area contributed by atoms with Crippen molar-refractivity contribution in [2.24, 2.45) is 0 Å². The molecule has 0 N–H and O–H groups in total. The van der Waals surface area contributed by atoms with Gasteiger partial charge in [-0.05, 0) is 159 Å². The fourth-order valence-corrected chi connectivity index (χ4v) is 5.90. The first-order chi connectivity index (χ1) is 18.2. The van der Waals surface area contributed by atoms with E-state index in [4.69, 9.17) is 10.2 Å². The second-order valence-corrected chi connectivity index (χ2v) is 10.3. The first-order valence-corrected chi connectivity index (χ1v) is 13.1. The van der Waals surface area contributed by atoms with E-state index in [1.165, 1.54) is 77.9 Å². The van der Waals surface area contributed by atoms with Gasteiger partial charge in [0.25, 0.3) is 0 Å². The van der Waals surface area contributed by atoms with Gasteiger partial charge in [-0.2, -0.15) is 0 Å². The maximum absolute atomic E-state index is 4.79. The van der Waals surface area contributed by atoms with Gasteiger partial charge in [0.1, 0.15) is 0 Å². The first-order valence-electron chi connectivity index (χ1n) is 13.1. The molecule has 0 radical (unpaired) electrons. The Kier molecular flexibility index (Phi) is 6.66. The van der Waals surface area contributed by atoms with Crippen LogP contribution >= 0.6 is 0 Å². The third-order valence-corrected chi connectivity index (χ3v) is 8.36.